The maximum absolute atomic E-state index is 13.6. The van der Waals surface area contributed by atoms with Crippen molar-refractivity contribution in [2.24, 2.45) is 7.05 Å². The summed E-state index contributed by atoms with van der Waals surface area (Å²) < 4.78 is 15.3. The lowest BCUT2D eigenvalue weighted by Crippen LogP contribution is -1.94. The molecular weight excluding hydrogens is 231 g/mol. The molecule has 0 fully saturated rings. The molecule has 0 saturated carbocycles. The summed E-state index contributed by atoms with van der Waals surface area (Å²) in [6, 6.07) is 4.62. The van der Waals surface area contributed by atoms with Crippen molar-refractivity contribution in [1.82, 2.24) is 9.78 Å². The molecule has 0 bridgehead atoms. The highest BCUT2D eigenvalue weighted by atomic mass is 19.1. The highest BCUT2D eigenvalue weighted by molar-refractivity contribution is 5.77. The minimum absolute atomic E-state index is 0.0775. The van der Waals surface area contributed by atoms with Crippen molar-refractivity contribution in [1.29, 1.82) is 0 Å². The Labute approximate surface area is 105 Å². The van der Waals surface area contributed by atoms with Gasteiger partial charge in [-0.2, -0.15) is 5.10 Å². The van der Waals surface area contributed by atoms with E-state index in [0.717, 1.165) is 16.8 Å². The van der Waals surface area contributed by atoms with Crippen LogP contribution in [0.4, 0.5) is 4.39 Å². The van der Waals surface area contributed by atoms with Gasteiger partial charge in [0, 0.05) is 18.8 Å². The van der Waals surface area contributed by atoms with Crippen LogP contribution in [0.1, 0.15) is 35.8 Å². The highest BCUT2D eigenvalue weighted by Crippen LogP contribution is 2.28. The number of aromatic nitrogens is 2. The van der Waals surface area contributed by atoms with Crippen molar-refractivity contribution in [3.05, 3.63) is 41.5 Å². The van der Waals surface area contributed by atoms with Gasteiger partial charge in [0.1, 0.15) is 5.82 Å². The summed E-state index contributed by atoms with van der Waals surface area (Å²) in [6.45, 7) is 4.09. The van der Waals surface area contributed by atoms with E-state index in [4.69, 9.17) is 0 Å². The smallest absolute Gasteiger partial charge is 0.152 e. The van der Waals surface area contributed by atoms with Crippen molar-refractivity contribution in [2.45, 2.75) is 19.8 Å². The zero-order chi connectivity index (χ0) is 13.3. The molecule has 0 aliphatic heterocycles. The molecule has 3 nitrogen and oxygen atoms in total. The number of hydrogen-bond donors (Lipinski definition) is 0. The summed E-state index contributed by atoms with van der Waals surface area (Å²) in [5, 5.41) is 4.38. The number of carbonyl (C=O) groups is 1. The van der Waals surface area contributed by atoms with E-state index in [1.165, 1.54) is 12.1 Å². The van der Waals surface area contributed by atoms with Crippen LogP contribution in [-0.2, 0) is 7.05 Å². The predicted octanol–water partition coefficient (Wildman–Crippen LogP) is 3.16. The molecule has 94 valence electrons. The average molecular weight is 246 g/mol. The van der Waals surface area contributed by atoms with Crippen molar-refractivity contribution in [2.75, 3.05) is 0 Å². The van der Waals surface area contributed by atoms with Crippen LogP contribution in [-0.4, -0.2) is 16.1 Å². The van der Waals surface area contributed by atoms with Crippen LogP contribution in [0.2, 0.25) is 0 Å². The fourth-order valence-corrected chi connectivity index (χ4v) is 1.94. The minimum atomic E-state index is -0.499. The van der Waals surface area contributed by atoms with Crippen molar-refractivity contribution in [3.63, 3.8) is 0 Å². The van der Waals surface area contributed by atoms with Gasteiger partial charge in [0.2, 0.25) is 0 Å². The van der Waals surface area contributed by atoms with E-state index in [2.05, 4.69) is 5.10 Å². The number of halogens is 1. The number of aldehydes is 1. The zero-order valence-electron chi connectivity index (χ0n) is 10.6. The number of rotatable bonds is 3. The van der Waals surface area contributed by atoms with Crippen LogP contribution in [0.15, 0.2) is 24.4 Å². The van der Waals surface area contributed by atoms with Gasteiger partial charge in [0.25, 0.3) is 0 Å². The molecule has 0 saturated heterocycles. The Hall–Kier alpha value is -1.97. The standard InChI is InChI=1S/C14H15FN2O/c1-9(2)14-12(7-17(3)16-14)10-4-5-11(8-18)13(15)6-10/h4-9H,1-3H3. The average Bonchev–Trinajstić information content (AvgIpc) is 2.71. The van der Waals surface area contributed by atoms with Crippen LogP contribution in [0.5, 0.6) is 0 Å². The molecule has 0 aliphatic carbocycles. The van der Waals surface area contributed by atoms with Gasteiger partial charge in [-0.05, 0) is 23.6 Å². The molecule has 18 heavy (non-hydrogen) atoms. The largest absolute Gasteiger partial charge is 0.298 e. The third kappa shape index (κ3) is 2.18. The molecule has 0 aliphatic rings. The van der Waals surface area contributed by atoms with Crippen molar-refractivity contribution >= 4 is 6.29 Å². The molecule has 0 spiro atoms. The first-order chi connectivity index (χ1) is 8.52. The lowest BCUT2D eigenvalue weighted by atomic mass is 9.99. The zero-order valence-corrected chi connectivity index (χ0v) is 10.6. The maximum Gasteiger partial charge on any atom is 0.152 e. The Kier molecular flexibility index (Phi) is 3.28. The van der Waals surface area contributed by atoms with Crippen LogP contribution in [0.25, 0.3) is 11.1 Å². The van der Waals surface area contributed by atoms with E-state index in [-0.39, 0.29) is 11.5 Å². The van der Waals surface area contributed by atoms with Crippen LogP contribution in [0, 0.1) is 5.82 Å². The fraction of sp³-hybridized carbons (Fsp3) is 0.286. The van der Waals surface area contributed by atoms with Crippen LogP contribution >= 0.6 is 0 Å². The first kappa shape index (κ1) is 12.5. The summed E-state index contributed by atoms with van der Waals surface area (Å²) in [6.07, 6.45) is 2.39. The molecule has 0 atom stereocenters. The number of benzene rings is 1. The van der Waals surface area contributed by atoms with E-state index < -0.39 is 5.82 Å². The lowest BCUT2D eigenvalue weighted by Gasteiger charge is -2.06. The Balaban J connectivity index is 2.55. The molecule has 0 radical (unpaired) electrons. The van der Waals surface area contributed by atoms with Crippen LogP contribution in [0.3, 0.4) is 0 Å². The summed E-state index contributed by atoms with van der Waals surface area (Å²) in [5.74, 6) is -0.240. The number of carbonyl (C=O) groups excluding carboxylic acids is 1. The topological polar surface area (TPSA) is 34.9 Å². The first-order valence-electron chi connectivity index (χ1n) is 5.81. The number of aryl methyl sites for hydroxylation is 1. The number of nitrogens with zero attached hydrogens (tertiary/aromatic N) is 2. The molecule has 1 heterocycles. The third-order valence-corrected chi connectivity index (χ3v) is 2.84. The quantitative estimate of drug-likeness (QED) is 0.780. The Morgan fingerprint density at radius 3 is 2.67 bits per heavy atom. The molecule has 0 amide bonds. The predicted molar refractivity (Wildman–Crippen MR) is 68.1 cm³/mol. The van der Waals surface area contributed by atoms with Crippen LogP contribution < -0.4 is 0 Å². The molecule has 0 N–H and O–H groups in total. The Bertz CT molecular complexity index is 587. The summed E-state index contributed by atoms with van der Waals surface area (Å²) >= 11 is 0. The second-order valence-electron chi connectivity index (χ2n) is 4.61. The SMILES string of the molecule is CC(C)c1nn(C)cc1-c1ccc(C=O)c(F)c1. The van der Waals surface area contributed by atoms with Gasteiger partial charge in [-0.3, -0.25) is 9.48 Å². The van der Waals surface area contributed by atoms with E-state index in [0.29, 0.717) is 6.29 Å². The Morgan fingerprint density at radius 1 is 1.39 bits per heavy atom. The minimum Gasteiger partial charge on any atom is -0.298 e. The fourth-order valence-electron chi connectivity index (χ4n) is 1.94. The Morgan fingerprint density at radius 2 is 2.11 bits per heavy atom. The summed E-state index contributed by atoms with van der Waals surface area (Å²) in [4.78, 5) is 10.6. The molecule has 2 rings (SSSR count). The molecule has 1 aromatic heterocycles. The normalized spacial score (nSPS) is 10.9. The molecule has 4 heteroatoms. The van der Waals surface area contributed by atoms with Gasteiger partial charge in [0.05, 0.1) is 11.3 Å². The summed E-state index contributed by atoms with van der Waals surface area (Å²) in [5.41, 5.74) is 2.66. The van der Waals surface area contributed by atoms with E-state index in [1.54, 1.807) is 10.7 Å². The second-order valence-corrected chi connectivity index (χ2v) is 4.61. The molecule has 2 aromatic rings. The van der Waals surface area contributed by atoms with Gasteiger partial charge in [-0.15, -0.1) is 0 Å². The lowest BCUT2D eigenvalue weighted by molar-refractivity contribution is 0.112. The van der Waals surface area contributed by atoms with Crippen molar-refractivity contribution in [3.8, 4) is 11.1 Å². The van der Waals surface area contributed by atoms with E-state index in [1.807, 2.05) is 27.1 Å². The van der Waals surface area contributed by atoms with Gasteiger partial charge >= 0.3 is 0 Å². The molecular formula is C14H15FN2O. The first-order valence-corrected chi connectivity index (χ1v) is 5.81. The number of hydrogen-bond acceptors (Lipinski definition) is 2. The van der Waals surface area contributed by atoms with Gasteiger partial charge in [0.15, 0.2) is 6.29 Å². The van der Waals surface area contributed by atoms with Gasteiger partial charge in [-0.25, -0.2) is 4.39 Å². The van der Waals surface area contributed by atoms with Gasteiger partial charge in [-0.1, -0.05) is 19.9 Å². The second kappa shape index (κ2) is 4.72. The monoisotopic (exact) mass is 246 g/mol. The summed E-state index contributed by atoms with van der Waals surface area (Å²) in [7, 11) is 1.84. The maximum atomic E-state index is 13.6. The third-order valence-electron chi connectivity index (χ3n) is 2.84. The van der Waals surface area contributed by atoms with Crippen molar-refractivity contribution < 1.29 is 9.18 Å². The highest BCUT2D eigenvalue weighted by Gasteiger charge is 2.14. The van der Waals surface area contributed by atoms with Gasteiger partial charge < -0.3 is 0 Å². The van der Waals surface area contributed by atoms with E-state index >= 15 is 0 Å². The molecule has 0 unspecified atom stereocenters. The van der Waals surface area contributed by atoms with E-state index in [9.17, 15) is 9.18 Å². The molecule has 1 aromatic carbocycles.